The average Bonchev–Trinajstić information content (AvgIpc) is 3.12. The van der Waals surface area contributed by atoms with Gasteiger partial charge in [-0.15, -0.1) is 0 Å². The Kier molecular flexibility index (Phi) is 3.89. The number of hydrogen-bond acceptors (Lipinski definition) is 4. The molecule has 0 aliphatic rings. The summed E-state index contributed by atoms with van der Waals surface area (Å²) in [4.78, 5) is 16.8. The zero-order chi connectivity index (χ0) is 18.3. The number of carbonyl (C=O) groups is 1. The fourth-order valence-corrected chi connectivity index (χ4v) is 2.89. The Hall–Kier alpha value is -3.25. The summed E-state index contributed by atoms with van der Waals surface area (Å²) in [5.74, 6) is -1.40. The summed E-state index contributed by atoms with van der Waals surface area (Å²) in [6.07, 6.45) is 4.51. The van der Waals surface area contributed by atoms with Crippen LogP contribution in [0.15, 0.2) is 61.1 Å². The minimum Gasteiger partial charge on any atom is -0.507 e. The van der Waals surface area contributed by atoms with E-state index in [1.807, 2.05) is 6.07 Å². The third-order valence-corrected chi connectivity index (χ3v) is 4.21. The lowest BCUT2D eigenvalue weighted by Gasteiger charge is -2.06. The first-order valence-electron chi connectivity index (χ1n) is 7.65. The molecule has 4 aromatic rings. The van der Waals surface area contributed by atoms with E-state index in [-0.39, 0.29) is 16.9 Å². The van der Waals surface area contributed by atoms with E-state index in [9.17, 15) is 14.3 Å². The van der Waals surface area contributed by atoms with E-state index in [2.05, 4.69) is 10.1 Å². The van der Waals surface area contributed by atoms with Crippen molar-refractivity contribution in [2.24, 2.45) is 0 Å². The summed E-state index contributed by atoms with van der Waals surface area (Å²) >= 11 is 6.00. The molecule has 0 saturated heterocycles. The Morgan fingerprint density at radius 3 is 2.85 bits per heavy atom. The molecular weight excluding hydrogens is 357 g/mol. The molecule has 0 fully saturated rings. The Labute approximate surface area is 152 Å². The number of phenolic OH excluding ortho intramolecular Hbond substituents is 1. The number of benzene rings is 2. The standard InChI is InChI=1S/C19H11ClFN3O2/c20-12-1-3-14-16(7-12)22-6-5-17(14)24-10-11(9-23-24)19(26)15-8-13(21)2-4-18(15)25/h1-10,25H. The SMILES string of the molecule is O=C(c1cnn(-c2ccnc3cc(Cl)ccc23)c1)c1cc(F)ccc1O. The number of aromatic nitrogens is 3. The normalized spacial score (nSPS) is 11.0. The van der Waals surface area contributed by atoms with Crippen molar-refractivity contribution in [1.82, 2.24) is 14.8 Å². The molecule has 0 unspecified atom stereocenters. The number of aromatic hydroxyl groups is 1. The van der Waals surface area contributed by atoms with E-state index in [0.717, 1.165) is 23.6 Å². The van der Waals surface area contributed by atoms with Gasteiger partial charge in [-0.25, -0.2) is 9.07 Å². The van der Waals surface area contributed by atoms with E-state index in [0.29, 0.717) is 16.2 Å². The molecule has 26 heavy (non-hydrogen) atoms. The highest BCUT2D eigenvalue weighted by atomic mass is 35.5. The molecule has 4 rings (SSSR count). The maximum Gasteiger partial charge on any atom is 0.200 e. The Bertz CT molecular complexity index is 1160. The van der Waals surface area contributed by atoms with E-state index in [4.69, 9.17) is 11.6 Å². The average molecular weight is 368 g/mol. The van der Waals surface area contributed by atoms with E-state index >= 15 is 0 Å². The van der Waals surface area contributed by atoms with Crippen LogP contribution in [0.5, 0.6) is 5.75 Å². The first-order chi connectivity index (χ1) is 12.5. The highest BCUT2D eigenvalue weighted by Gasteiger charge is 2.17. The van der Waals surface area contributed by atoms with Crippen molar-refractivity contribution in [3.05, 3.63) is 83.0 Å². The van der Waals surface area contributed by atoms with Crippen LogP contribution in [-0.4, -0.2) is 25.7 Å². The third-order valence-electron chi connectivity index (χ3n) is 3.98. The molecule has 5 nitrogen and oxygen atoms in total. The van der Waals surface area contributed by atoms with Crippen LogP contribution >= 0.6 is 11.6 Å². The van der Waals surface area contributed by atoms with Crippen LogP contribution in [0.3, 0.4) is 0 Å². The number of nitrogens with zero attached hydrogens (tertiary/aromatic N) is 3. The van der Waals surface area contributed by atoms with Gasteiger partial charge in [0.1, 0.15) is 11.6 Å². The van der Waals surface area contributed by atoms with Crippen molar-refractivity contribution in [2.75, 3.05) is 0 Å². The number of carbonyl (C=O) groups excluding carboxylic acids is 1. The summed E-state index contributed by atoms with van der Waals surface area (Å²) in [5.41, 5.74) is 1.52. The van der Waals surface area contributed by atoms with Crippen LogP contribution in [0.4, 0.5) is 4.39 Å². The Morgan fingerprint density at radius 1 is 1.15 bits per heavy atom. The van der Waals surface area contributed by atoms with Crippen LogP contribution in [0, 0.1) is 5.82 Å². The van der Waals surface area contributed by atoms with Gasteiger partial charge in [-0.3, -0.25) is 9.78 Å². The molecule has 1 N–H and O–H groups in total. The molecule has 0 bridgehead atoms. The fraction of sp³-hybridized carbons (Fsp3) is 0. The number of halogens is 2. The monoisotopic (exact) mass is 367 g/mol. The van der Waals surface area contributed by atoms with E-state index in [1.165, 1.54) is 17.1 Å². The first-order valence-corrected chi connectivity index (χ1v) is 8.03. The first kappa shape index (κ1) is 16.2. The number of hydrogen-bond donors (Lipinski definition) is 1. The van der Waals surface area contributed by atoms with Gasteiger partial charge in [0.15, 0.2) is 5.78 Å². The second-order valence-electron chi connectivity index (χ2n) is 5.66. The molecule has 0 atom stereocenters. The van der Waals surface area contributed by atoms with Gasteiger partial charge in [-0.05, 0) is 42.5 Å². The van der Waals surface area contributed by atoms with Gasteiger partial charge >= 0.3 is 0 Å². The predicted molar refractivity (Wildman–Crippen MR) is 95.4 cm³/mol. The lowest BCUT2D eigenvalue weighted by molar-refractivity contribution is 0.103. The summed E-state index contributed by atoms with van der Waals surface area (Å²) in [6.45, 7) is 0. The maximum absolute atomic E-state index is 13.4. The minimum atomic E-state index is -0.601. The molecular formula is C19H11ClFN3O2. The molecule has 2 aromatic heterocycles. The summed E-state index contributed by atoms with van der Waals surface area (Å²) in [5, 5.41) is 15.4. The number of pyridine rings is 1. The Balaban J connectivity index is 1.77. The van der Waals surface area contributed by atoms with Crippen molar-refractivity contribution in [3.63, 3.8) is 0 Å². The van der Waals surface area contributed by atoms with Crippen molar-refractivity contribution in [2.45, 2.75) is 0 Å². The Morgan fingerprint density at radius 2 is 2.00 bits per heavy atom. The molecule has 0 aliphatic heterocycles. The number of phenols is 1. The second-order valence-corrected chi connectivity index (χ2v) is 6.09. The largest absolute Gasteiger partial charge is 0.507 e. The highest BCUT2D eigenvalue weighted by Crippen LogP contribution is 2.25. The number of ketones is 1. The van der Waals surface area contributed by atoms with Gasteiger partial charge in [0, 0.05) is 22.8 Å². The topological polar surface area (TPSA) is 68.0 Å². The molecule has 2 aromatic carbocycles. The quantitative estimate of drug-likeness (QED) is 0.552. The molecule has 7 heteroatoms. The zero-order valence-corrected chi connectivity index (χ0v) is 14.0. The van der Waals surface area contributed by atoms with Crippen LogP contribution in [0.1, 0.15) is 15.9 Å². The number of rotatable bonds is 3. The molecule has 0 amide bonds. The lowest BCUT2D eigenvalue weighted by atomic mass is 10.1. The van der Waals surface area contributed by atoms with Crippen molar-refractivity contribution in [1.29, 1.82) is 0 Å². The van der Waals surface area contributed by atoms with Gasteiger partial charge < -0.3 is 5.11 Å². The van der Waals surface area contributed by atoms with Crippen LogP contribution in [0.25, 0.3) is 16.6 Å². The van der Waals surface area contributed by atoms with Gasteiger partial charge in [-0.1, -0.05) is 11.6 Å². The smallest absolute Gasteiger partial charge is 0.200 e. The molecule has 0 saturated carbocycles. The minimum absolute atomic E-state index is 0.115. The third kappa shape index (κ3) is 2.80. The predicted octanol–water partition coefficient (Wildman–Crippen LogP) is 4.15. The lowest BCUT2D eigenvalue weighted by Crippen LogP contribution is -2.01. The van der Waals surface area contributed by atoms with Gasteiger partial charge in [-0.2, -0.15) is 5.10 Å². The fourth-order valence-electron chi connectivity index (χ4n) is 2.72. The molecule has 2 heterocycles. The van der Waals surface area contributed by atoms with E-state index < -0.39 is 11.6 Å². The molecule has 0 spiro atoms. The number of fused-ring (bicyclic) bond motifs is 1. The summed E-state index contributed by atoms with van der Waals surface area (Å²) < 4.78 is 14.9. The molecule has 128 valence electrons. The van der Waals surface area contributed by atoms with Crippen molar-refractivity contribution in [3.8, 4) is 11.4 Å². The molecule has 0 aliphatic carbocycles. The summed E-state index contributed by atoms with van der Waals surface area (Å²) in [7, 11) is 0. The van der Waals surface area contributed by atoms with Gasteiger partial charge in [0.05, 0.1) is 28.5 Å². The van der Waals surface area contributed by atoms with Crippen molar-refractivity contribution < 1.29 is 14.3 Å². The zero-order valence-electron chi connectivity index (χ0n) is 13.2. The summed E-state index contributed by atoms with van der Waals surface area (Å²) in [6, 6.07) is 10.3. The molecule has 0 radical (unpaired) electrons. The van der Waals surface area contributed by atoms with Crippen LogP contribution in [0.2, 0.25) is 5.02 Å². The van der Waals surface area contributed by atoms with E-state index in [1.54, 1.807) is 24.4 Å². The second kappa shape index (κ2) is 6.24. The van der Waals surface area contributed by atoms with Crippen LogP contribution < -0.4 is 0 Å². The van der Waals surface area contributed by atoms with Crippen molar-refractivity contribution >= 4 is 28.3 Å². The van der Waals surface area contributed by atoms with Gasteiger partial charge in [0.25, 0.3) is 0 Å². The van der Waals surface area contributed by atoms with Crippen LogP contribution in [-0.2, 0) is 0 Å². The highest BCUT2D eigenvalue weighted by molar-refractivity contribution is 6.31. The van der Waals surface area contributed by atoms with Gasteiger partial charge in [0.2, 0.25) is 0 Å². The maximum atomic E-state index is 13.4.